The maximum Gasteiger partial charge on any atom is 0.401 e. The number of amides is 2. The fourth-order valence-electron chi connectivity index (χ4n) is 4.43. The number of alkyl halides is 3. The van der Waals surface area contributed by atoms with Crippen molar-refractivity contribution in [1.29, 1.82) is 0 Å². The summed E-state index contributed by atoms with van der Waals surface area (Å²) in [6.07, 6.45) is -1.67. The highest BCUT2D eigenvalue weighted by Crippen LogP contribution is 2.59. The number of nitrogens with two attached hydrogens (primary N) is 1. The highest BCUT2D eigenvalue weighted by atomic mass is 19.4. The van der Waals surface area contributed by atoms with E-state index < -0.39 is 35.8 Å². The first-order valence-corrected chi connectivity index (χ1v) is 11.7. The molecule has 2 amide bonds. The van der Waals surface area contributed by atoms with Crippen LogP contribution < -0.4 is 16.4 Å². The van der Waals surface area contributed by atoms with Gasteiger partial charge in [-0.15, -0.1) is 0 Å². The number of benzene rings is 1. The number of hydrogen-bond acceptors (Lipinski definition) is 8. The number of aliphatic hydroxyl groups excluding tert-OH is 1. The van der Waals surface area contributed by atoms with Crippen LogP contribution in [0, 0.1) is 5.82 Å². The zero-order chi connectivity index (χ0) is 26.8. The molecule has 2 aliphatic carbocycles. The van der Waals surface area contributed by atoms with E-state index in [1.807, 2.05) is 0 Å². The number of fused-ring (bicyclic) bond motifs is 1. The van der Waals surface area contributed by atoms with Crippen LogP contribution in [0.2, 0.25) is 0 Å². The number of hydrogen-bond donors (Lipinski definition) is 4. The fourth-order valence-corrected chi connectivity index (χ4v) is 4.43. The zero-order valence-corrected chi connectivity index (χ0v) is 19.5. The van der Waals surface area contributed by atoms with Crippen LogP contribution in [-0.4, -0.2) is 42.2 Å². The lowest BCUT2D eigenvalue weighted by atomic mass is 10.0. The van der Waals surface area contributed by atoms with Crippen molar-refractivity contribution < 1.29 is 32.0 Å². The molecule has 4 aromatic rings. The van der Waals surface area contributed by atoms with Gasteiger partial charge < -0.3 is 20.7 Å². The van der Waals surface area contributed by atoms with E-state index >= 15 is 4.39 Å². The summed E-state index contributed by atoms with van der Waals surface area (Å²) in [7, 11) is 0. The van der Waals surface area contributed by atoms with Gasteiger partial charge in [0.25, 0.3) is 0 Å². The molecular weight excluding hydrogens is 512 g/mol. The summed E-state index contributed by atoms with van der Waals surface area (Å²) < 4.78 is 61.8. The minimum Gasteiger partial charge on any atom is -0.392 e. The van der Waals surface area contributed by atoms with Gasteiger partial charge in [0.05, 0.1) is 23.7 Å². The SMILES string of the molecule is Nc1ncnc2c1c(-c1cc(CO)c(NC(=O)Nc3cc(C4(C(F)(F)F)CC4)on3)cc1F)nn2C1CC1. The number of urea groups is 1. The zero-order valence-electron chi connectivity index (χ0n) is 19.5. The first-order chi connectivity index (χ1) is 18.1. The van der Waals surface area contributed by atoms with Gasteiger partial charge in [-0.05, 0) is 37.8 Å². The second-order valence-corrected chi connectivity index (χ2v) is 9.36. The van der Waals surface area contributed by atoms with Crippen LogP contribution in [0.25, 0.3) is 22.3 Å². The molecule has 198 valence electrons. The summed E-state index contributed by atoms with van der Waals surface area (Å²) in [4.78, 5) is 20.8. The Balaban J connectivity index is 1.27. The number of nitrogen functional groups attached to an aromatic ring is 1. The van der Waals surface area contributed by atoms with E-state index in [1.165, 1.54) is 12.4 Å². The Morgan fingerprint density at radius 2 is 1.97 bits per heavy atom. The molecule has 2 aliphatic rings. The number of rotatable bonds is 6. The summed E-state index contributed by atoms with van der Waals surface area (Å²) in [6.45, 7) is -0.571. The Labute approximate surface area is 211 Å². The van der Waals surface area contributed by atoms with E-state index in [9.17, 15) is 23.1 Å². The lowest BCUT2D eigenvalue weighted by Gasteiger charge is -2.15. The third kappa shape index (κ3) is 3.89. The van der Waals surface area contributed by atoms with Crippen molar-refractivity contribution in [3.05, 3.63) is 41.7 Å². The quantitative estimate of drug-likeness (QED) is 0.268. The Morgan fingerprint density at radius 3 is 2.63 bits per heavy atom. The molecule has 6 rings (SSSR count). The number of halogens is 4. The monoisotopic (exact) mass is 532 g/mol. The molecule has 0 radical (unpaired) electrons. The molecule has 3 heterocycles. The van der Waals surface area contributed by atoms with Gasteiger partial charge in [-0.2, -0.15) is 18.3 Å². The van der Waals surface area contributed by atoms with Crippen molar-refractivity contribution in [2.45, 2.75) is 49.9 Å². The Hall–Kier alpha value is -4.27. The average Bonchev–Trinajstić information content (AvgIpc) is 3.78. The molecule has 38 heavy (non-hydrogen) atoms. The first-order valence-electron chi connectivity index (χ1n) is 11.7. The number of aromatic nitrogens is 5. The maximum atomic E-state index is 15.4. The first kappa shape index (κ1) is 24.1. The summed E-state index contributed by atoms with van der Waals surface area (Å²) in [5.74, 6) is -1.29. The van der Waals surface area contributed by atoms with E-state index in [-0.39, 0.29) is 53.0 Å². The van der Waals surface area contributed by atoms with Gasteiger partial charge in [0, 0.05) is 17.2 Å². The molecule has 0 spiro atoms. The van der Waals surface area contributed by atoms with E-state index in [1.54, 1.807) is 4.68 Å². The Morgan fingerprint density at radius 1 is 1.21 bits per heavy atom. The highest BCUT2D eigenvalue weighted by molar-refractivity contribution is 6.01. The van der Waals surface area contributed by atoms with Crippen LogP contribution in [0.5, 0.6) is 0 Å². The van der Waals surface area contributed by atoms with E-state index in [4.69, 9.17) is 10.3 Å². The van der Waals surface area contributed by atoms with Crippen LogP contribution in [0.3, 0.4) is 0 Å². The number of nitrogens with one attached hydrogen (secondary N) is 2. The molecule has 0 atom stereocenters. The maximum absolute atomic E-state index is 15.4. The molecular formula is C23H20F4N8O3. The fraction of sp³-hybridized carbons (Fsp3) is 0.348. The van der Waals surface area contributed by atoms with Gasteiger partial charge in [0.1, 0.15) is 29.1 Å². The third-order valence-electron chi connectivity index (χ3n) is 6.79. The number of nitrogens with zero attached hydrogens (tertiary/aromatic N) is 5. The van der Waals surface area contributed by atoms with Gasteiger partial charge in [0.2, 0.25) is 0 Å². The number of anilines is 3. The van der Waals surface area contributed by atoms with Crippen molar-refractivity contribution in [2.24, 2.45) is 0 Å². The van der Waals surface area contributed by atoms with Crippen molar-refractivity contribution in [3.63, 3.8) is 0 Å². The Kier molecular flexibility index (Phi) is 5.31. The van der Waals surface area contributed by atoms with Crippen LogP contribution >= 0.6 is 0 Å². The summed E-state index contributed by atoms with van der Waals surface area (Å²) in [5.41, 5.74) is 4.73. The van der Waals surface area contributed by atoms with E-state index in [0.717, 1.165) is 25.0 Å². The molecule has 2 saturated carbocycles. The molecule has 15 heteroatoms. The van der Waals surface area contributed by atoms with Crippen molar-refractivity contribution >= 4 is 34.4 Å². The highest BCUT2D eigenvalue weighted by Gasteiger charge is 2.66. The largest absolute Gasteiger partial charge is 0.401 e. The topological polar surface area (TPSA) is 157 Å². The predicted octanol–water partition coefficient (Wildman–Crippen LogP) is 4.27. The summed E-state index contributed by atoms with van der Waals surface area (Å²) in [6, 6.07) is 2.52. The average molecular weight is 532 g/mol. The van der Waals surface area contributed by atoms with Crippen molar-refractivity contribution in [2.75, 3.05) is 16.4 Å². The molecule has 0 unspecified atom stereocenters. The molecule has 5 N–H and O–H groups in total. The number of aliphatic hydroxyl groups is 1. The van der Waals surface area contributed by atoms with E-state index in [0.29, 0.717) is 11.0 Å². The normalized spacial score (nSPS) is 16.6. The van der Waals surface area contributed by atoms with Crippen LogP contribution in [-0.2, 0) is 12.0 Å². The van der Waals surface area contributed by atoms with Crippen LogP contribution in [0.1, 0.15) is 43.0 Å². The van der Waals surface area contributed by atoms with Gasteiger partial charge in [-0.25, -0.2) is 23.8 Å². The minimum absolute atomic E-state index is 0.0222. The van der Waals surface area contributed by atoms with Gasteiger partial charge >= 0.3 is 12.2 Å². The van der Waals surface area contributed by atoms with E-state index in [2.05, 4.69) is 30.9 Å². The van der Waals surface area contributed by atoms with Crippen LogP contribution in [0.15, 0.2) is 29.0 Å². The molecule has 0 saturated heterocycles. The van der Waals surface area contributed by atoms with Gasteiger partial charge in [-0.3, -0.25) is 5.32 Å². The van der Waals surface area contributed by atoms with Gasteiger partial charge in [-0.1, -0.05) is 5.16 Å². The van der Waals surface area contributed by atoms with Crippen molar-refractivity contribution in [3.8, 4) is 11.3 Å². The number of carbonyl (C=O) groups is 1. The summed E-state index contributed by atoms with van der Waals surface area (Å²) in [5, 5.41) is 22.9. The standard InChI is InChI=1S/C23H20F4N8O3/c24-13-6-14(31-21(37)32-16-7-15(38-34-16)22(3-4-22)23(25,26)27)10(8-36)5-12(13)18-17-19(28)29-9-30-20(17)35(33-18)11-1-2-11/h5-7,9,11,36H,1-4,8H2,(H2,28,29,30)(H2,31,32,34,37). The summed E-state index contributed by atoms with van der Waals surface area (Å²) >= 11 is 0. The molecule has 1 aromatic carbocycles. The molecule has 11 nitrogen and oxygen atoms in total. The smallest absolute Gasteiger partial charge is 0.392 e. The van der Waals surface area contributed by atoms with Gasteiger partial charge in [0.15, 0.2) is 17.2 Å². The molecule has 2 fully saturated rings. The molecule has 0 bridgehead atoms. The second kappa shape index (κ2) is 8.37. The molecule has 0 aliphatic heterocycles. The molecule has 3 aromatic heterocycles. The third-order valence-corrected chi connectivity index (χ3v) is 6.79. The lowest BCUT2D eigenvalue weighted by molar-refractivity contribution is -0.165. The Bertz CT molecular complexity index is 1570. The minimum atomic E-state index is -4.50. The van der Waals surface area contributed by atoms with Crippen molar-refractivity contribution in [1.82, 2.24) is 24.9 Å². The number of carbonyl (C=O) groups excluding carboxylic acids is 1. The lowest BCUT2D eigenvalue weighted by Crippen LogP contribution is -2.28. The van der Waals surface area contributed by atoms with Crippen LogP contribution in [0.4, 0.5) is 39.7 Å². The predicted molar refractivity (Wildman–Crippen MR) is 125 cm³/mol. The second-order valence-electron chi connectivity index (χ2n) is 9.36.